The van der Waals surface area contributed by atoms with E-state index in [1.807, 2.05) is 19.3 Å². The number of rotatable bonds is 4. The van der Waals surface area contributed by atoms with Crippen LogP contribution < -0.4 is 4.74 Å². The largest absolute Gasteiger partial charge is 0.573 e. The Bertz CT molecular complexity index is 936. The summed E-state index contributed by atoms with van der Waals surface area (Å²) in [6.45, 7) is 0. The lowest BCUT2D eigenvalue weighted by atomic mass is 9.89. The highest BCUT2D eigenvalue weighted by Gasteiger charge is 2.37. The van der Waals surface area contributed by atoms with E-state index in [1.54, 1.807) is 29.2 Å². The van der Waals surface area contributed by atoms with E-state index in [0.29, 0.717) is 6.42 Å². The number of alkyl halides is 3. The molecule has 2 aliphatic rings. The number of ether oxygens (including phenoxy) is 1. The number of nitrogens with zero attached hydrogens (tertiary/aromatic N) is 4. The zero-order valence-corrected chi connectivity index (χ0v) is 16.5. The van der Waals surface area contributed by atoms with Gasteiger partial charge in [0.1, 0.15) is 5.75 Å². The predicted molar refractivity (Wildman–Crippen MR) is 106 cm³/mol. The van der Waals surface area contributed by atoms with Crippen LogP contribution in [0.3, 0.4) is 0 Å². The van der Waals surface area contributed by atoms with Crippen LogP contribution in [0.4, 0.5) is 13.2 Å². The summed E-state index contributed by atoms with van der Waals surface area (Å²) in [6, 6.07) is 5.62. The first-order chi connectivity index (χ1) is 14.3. The van der Waals surface area contributed by atoms with Crippen LogP contribution in [0.1, 0.15) is 43.0 Å². The first-order valence-electron chi connectivity index (χ1n) is 9.86. The minimum Gasteiger partial charge on any atom is -0.406 e. The molecular weight excluding hydrogens is 397 g/mol. The maximum Gasteiger partial charge on any atom is 0.573 e. The highest BCUT2D eigenvalue weighted by Crippen LogP contribution is 2.40. The Kier molecular flexibility index (Phi) is 5.55. The summed E-state index contributed by atoms with van der Waals surface area (Å²) < 4.78 is 43.2. The highest BCUT2D eigenvalue weighted by molar-refractivity contribution is 5.86. The normalized spacial score (nSPS) is 24.6. The molecule has 2 heterocycles. The van der Waals surface area contributed by atoms with Gasteiger partial charge in [-0.2, -0.15) is 5.10 Å². The Morgan fingerprint density at radius 2 is 1.87 bits per heavy atom. The van der Waals surface area contributed by atoms with Crippen molar-refractivity contribution in [2.45, 2.75) is 50.4 Å². The molecule has 0 amide bonds. The lowest BCUT2D eigenvalue weighted by molar-refractivity contribution is -0.274. The molecule has 6 nitrogen and oxygen atoms in total. The molecule has 1 fully saturated rings. The van der Waals surface area contributed by atoms with Gasteiger partial charge < -0.3 is 14.7 Å². The van der Waals surface area contributed by atoms with Gasteiger partial charge in [-0.1, -0.05) is 12.8 Å². The number of aryl methyl sites for hydroxylation is 1. The van der Waals surface area contributed by atoms with Crippen LogP contribution in [-0.2, 0) is 7.05 Å². The third kappa shape index (κ3) is 4.35. The lowest BCUT2D eigenvalue weighted by Crippen LogP contribution is -2.46. The van der Waals surface area contributed by atoms with E-state index in [0.717, 1.165) is 36.1 Å². The molecule has 30 heavy (non-hydrogen) atoms. The van der Waals surface area contributed by atoms with E-state index in [1.165, 1.54) is 12.1 Å². The van der Waals surface area contributed by atoms with Crippen LogP contribution in [0.2, 0.25) is 0 Å². The van der Waals surface area contributed by atoms with Crippen molar-refractivity contribution < 1.29 is 23.0 Å². The number of halogens is 3. The van der Waals surface area contributed by atoms with Crippen molar-refractivity contribution in [2.75, 3.05) is 0 Å². The number of allylic oxidation sites excluding steroid dienone is 1. The molecule has 4 rings (SSSR count). The number of aromatic nitrogens is 2. The van der Waals surface area contributed by atoms with Crippen LogP contribution in [0.5, 0.6) is 5.75 Å². The van der Waals surface area contributed by atoms with Crippen molar-refractivity contribution in [3.05, 3.63) is 53.9 Å². The predicted octanol–water partition coefficient (Wildman–Crippen LogP) is 4.05. The van der Waals surface area contributed by atoms with Crippen molar-refractivity contribution in [2.24, 2.45) is 12.0 Å². The second kappa shape index (κ2) is 8.14. The van der Waals surface area contributed by atoms with Crippen molar-refractivity contribution in [3.8, 4) is 5.75 Å². The average molecular weight is 420 g/mol. The number of hydrogen-bond donors (Lipinski definition) is 1. The maximum absolute atomic E-state index is 12.5. The summed E-state index contributed by atoms with van der Waals surface area (Å²) in [6.07, 6.45) is 5.00. The van der Waals surface area contributed by atoms with E-state index in [4.69, 9.17) is 0 Å². The standard InChI is InChI=1S/C21H23F3N4O2/c1-27-13-15(12-26-27)20-25-11-10-17(28(20)18-4-2-3-5-19(18)29)14-6-8-16(9-7-14)30-21(22,23)24/h6-13,18-20,29H,2-5H2,1H3/t18-,19-,20?/m1/s1. The molecule has 1 aliphatic carbocycles. The van der Waals surface area contributed by atoms with Gasteiger partial charge >= 0.3 is 6.36 Å². The van der Waals surface area contributed by atoms with E-state index in [-0.39, 0.29) is 18.0 Å². The Morgan fingerprint density at radius 1 is 1.13 bits per heavy atom. The molecule has 1 saturated carbocycles. The molecule has 0 bridgehead atoms. The third-order valence-corrected chi connectivity index (χ3v) is 5.46. The smallest absolute Gasteiger partial charge is 0.406 e. The summed E-state index contributed by atoms with van der Waals surface area (Å²) in [5, 5.41) is 15.0. The minimum absolute atomic E-state index is 0.154. The van der Waals surface area contributed by atoms with Crippen molar-refractivity contribution in [3.63, 3.8) is 0 Å². The molecule has 1 aromatic carbocycles. The van der Waals surface area contributed by atoms with Crippen LogP contribution in [0, 0.1) is 0 Å². The number of aliphatic hydroxyl groups is 1. The van der Waals surface area contributed by atoms with E-state index >= 15 is 0 Å². The molecule has 1 N–H and O–H groups in total. The zero-order valence-electron chi connectivity index (χ0n) is 16.5. The number of aliphatic hydroxyl groups excluding tert-OH is 1. The molecule has 1 aliphatic heterocycles. The van der Waals surface area contributed by atoms with Gasteiger partial charge in [0.2, 0.25) is 0 Å². The van der Waals surface area contributed by atoms with Gasteiger partial charge in [0.25, 0.3) is 0 Å². The van der Waals surface area contributed by atoms with E-state index in [9.17, 15) is 18.3 Å². The molecule has 9 heteroatoms. The quantitative estimate of drug-likeness (QED) is 0.811. The molecule has 0 saturated heterocycles. The summed E-state index contributed by atoms with van der Waals surface area (Å²) in [5.41, 5.74) is 2.40. The Morgan fingerprint density at radius 3 is 2.50 bits per heavy atom. The van der Waals surface area contributed by atoms with E-state index < -0.39 is 12.5 Å². The second-order valence-electron chi connectivity index (χ2n) is 7.57. The molecule has 1 unspecified atom stereocenters. The molecular formula is C21H23F3N4O2. The van der Waals surface area contributed by atoms with Crippen LogP contribution in [0.25, 0.3) is 5.70 Å². The topological polar surface area (TPSA) is 62.9 Å². The first kappa shape index (κ1) is 20.5. The molecule has 1 aromatic heterocycles. The van der Waals surface area contributed by atoms with Crippen LogP contribution in [0.15, 0.2) is 47.7 Å². The molecule has 0 radical (unpaired) electrons. The van der Waals surface area contributed by atoms with Crippen LogP contribution >= 0.6 is 0 Å². The fourth-order valence-electron chi connectivity index (χ4n) is 4.15. The number of hydrogen-bond acceptors (Lipinski definition) is 5. The van der Waals surface area contributed by atoms with Gasteiger partial charge in [-0.3, -0.25) is 9.67 Å². The number of benzene rings is 1. The summed E-state index contributed by atoms with van der Waals surface area (Å²) in [4.78, 5) is 6.70. The first-order valence-corrected chi connectivity index (χ1v) is 9.86. The molecule has 2 aromatic rings. The Balaban J connectivity index is 1.69. The second-order valence-corrected chi connectivity index (χ2v) is 7.57. The van der Waals surface area contributed by atoms with Gasteiger partial charge in [-0.15, -0.1) is 13.2 Å². The fraction of sp³-hybridized carbons (Fsp3) is 0.429. The Hall–Kier alpha value is -2.81. The molecule has 0 spiro atoms. The van der Waals surface area contributed by atoms with Crippen LogP contribution in [-0.4, -0.2) is 44.5 Å². The Labute approximate surface area is 172 Å². The van der Waals surface area contributed by atoms with Crippen molar-refractivity contribution in [1.29, 1.82) is 0 Å². The van der Waals surface area contributed by atoms with E-state index in [2.05, 4.69) is 19.7 Å². The third-order valence-electron chi connectivity index (χ3n) is 5.46. The zero-order chi connectivity index (χ0) is 21.3. The summed E-state index contributed by atoms with van der Waals surface area (Å²) in [7, 11) is 1.83. The SMILES string of the molecule is Cn1cc(C2N=CC=C(c3ccc(OC(F)(F)F)cc3)N2[C@@H]2CCCC[C@H]2O)cn1. The minimum atomic E-state index is -4.73. The van der Waals surface area contributed by atoms with Gasteiger partial charge in [-0.25, -0.2) is 0 Å². The average Bonchev–Trinajstić information content (AvgIpc) is 3.14. The monoisotopic (exact) mass is 420 g/mol. The molecule has 160 valence electrons. The lowest BCUT2D eigenvalue weighted by Gasteiger charge is -2.44. The van der Waals surface area contributed by atoms with Crippen molar-refractivity contribution in [1.82, 2.24) is 14.7 Å². The van der Waals surface area contributed by atoms with Gasteiger partial charge in [0.05, 0.1) is 18.3 Å². The summed E-state index contributed by atoms with van der Waals surface area (Å²) in [5.74, 6) is -0.274. The van der Waals surface area contributed by atoms with Crippen molar-refractivity contribution >= 4 is 11.9 Å². The molecule has 3 atom stereocenters. The van der Waals surface area contributed by atoms with Gasteiger partial charge in [0, 0.05) is 30.7 Å². The van der Waals surface area contributed by atoms with Gasteiger partial charge in [0.15, 0.2) is 6.17 Å². The number of aliphatic imine (C=N–C) groups is 1. The highest BCUT2D eigenvalue weighted by atomic mass is 19.4. The van der Waals surface area contributed by atoms with Gasteiger partial charge in [-0.05, 0) is 48.7 Å². The fourth-order valence-corrected chi connectivity index (χ4v) is 4.15. The maximum atomic E-state index is 12.5. The summed E-state index contributed by atoms with van der Waals surface area (Å²) >= 11 is 0.